The van der Waals surface area contributed by atoms with Crippen LogP contribution in [0.25, 0.3) is 0 Å². The number of carbonyl (C=O) groups is 1. The number of ether oxygens (including phenoxy) is 1. The molecule has 0 N–H and O–H groups in total. The summed E-state index contributed by atoms with van der Waals surface area (Å²) in [5, 5.41) is 0. The first-order valence-corrected chi connectivity index (χ1v) is 5.98. The van der Waals surface area contributed by atoms with Crippen LogP contribution in [0.2, 0.25) is 0 Å². The Labute approximate surface area is 125 Å². The predicted octanol–water partition coefficient (Wildman–Crippen LogP) is 4.44. The van der Waals surface area contributed by atoms with Gasteiger partial charge in [0.1, 0.15) is 5.75 Å². The molecule has 0 amide bonds. The highest BCUT2D eigenvalue weighted by molar-refractivity contribution is 5.94. The third-order valence-electron chi connectivity index (χ3n) is 2.83. The summed E-state index contributed by atoms with van der Waals surface area (Å²) in [6, 6.07) is 4.19. The van der Waals surface area contributed by atoms with Gasteiger partial charge < -0.3 is 4.74 Å². The van der Waals surface area contributed by atoms with Crippen molar-refractivity contribution in [3.05, 3.63) is 29.8 Å². The van der Waals surface area contributed by atoms with Crippen LogP contribution in [-0.2, 0) is 0 Å². The van der Waals surface area contributed by atoms with Gasteiger partial charge in [-0.15, -0.1) is 0 Å². The molecule has 0 heterocycles. The Kier molecular flexibility index (Phi) is 5.27. The second-order valence-corrected chi connectivity index (χ2v) is 4.57. The molecule has 2 nitrogen and oxygen atoms in total. The smallest absolute Gasteiger partial charge is 0.381 e. The van der Waals surface area contributed by atoms with Gasteiger partial charge >= 0.3 is 24.2 Å². The summed E-state index contributed by atoms with van der Waals surface area (Å²) in [5.74, 6) is -18.9. The lowest BCUT2D eigenvalue weighted by Gasteiger charge is -2.31. The van der Waals surface area contributed by atoms with Crippen molar-refractivity contribution in [1.29, 1.82) is 0 Å². The number of rotatable bonds is 7. The molecule has 0 fully saturated rings. The van der Waals surface area contributed by atoms with Crippen LogP contribution in [0.5, 0.6) is 5.75 Å². The lowest BCUT2D eigenvalue weighted by Crippen LogP contribution is -2.59. The fourth-order valence-corrected chi connectivity index (χ4v) is 1.43. The van der Waals surface area contributed by atoms with E-state index in [4.69, 9.17) is 0 Å². The number of ketones is 1. The minimum absolute atomic E-state index is 0.165. The lowest BCUT2D eigenvalue weighted by molar-refractivity contribution is -0.342. The third-order valence-corrected chi connectivity index (χ3v) is 2.83. The minimum Gasteiger partial charge on any atom is -0.487 e. The van der Waals surface area contributed by atoms with Gasteiger partial charge in [-0.3, -0.25) is 4.79 Å². The zero-order valence-corrected chi connectivity index (χ0v) is 11.4. The van der Waals surface area contributed by atoms with Crippen LogP contribution in [0.1, 0.15) is 17.3 Å². The Morgan fingerprint density at radius 3 is 1.91 bits per heavy atom. The number of carbonyl (C=O) groups excluding carboxylic acids is 1. The molecule has 0 aliphatic rings. The Hall–Kier alpha value is -1.87. The summed E-state index contributed by atoms with van der Waals surface area (Å²) in [6.07, 6.45) is -4.97. The molecule has 23 heavy (non-hydrogen) atoms. The average molecular weight is 350 g/mol. The highest BCUT2D eigenvalue weighted by atomic mass is 19.4. The summed E-state index contributed by atoms with van der Waals surface area (Å²) in [5.41, 5.74) is 0.165. The Balaban J connectivity index is 2.88. The molecular weight excluding hydrogens is 340 g/mol. The second kappa shape index (κ2) is 6.32. The summed E-state index contributed by atoms with van der Waals surface area (Å²) in [6.45, 7) is -1.04. The van der Waals surface area contributed by atoms with Gasteiger partial charge in [-0.2, -0.15) is 26.3 Å². The van der Waals surface area contributed by atoms with E-state index in [-0.39, 0.29) is 11.3 Å². The molecule has 0 spiro atoms. The number of hydrogen-bond donors (Lipinski definition) is 0. The Morgan fingerprint density at radius 2 is 1.52 bits per heavy atom. The number of halogens is 8. The molecule has 0 unspecified atom stereocenters. The largest absolute Gasteiger partial charge is 0.487 e. The molecule has 130 valence electrons. The first-order valence-electron chi connectivity index (χ1n) is 5.98. The van der Waals surface area contributed by atoms with Crippen LogP contribution < -0.4 is 4.74 Å². The molecule has 0 atom stereocenters. The second-order valence-electron chi connectivity index (χ2n) is 4.57. The molecule has 0 bridgehead atoms. The van der Waals surface area contributed by atoms with Crippen molar-refractivity contribution in [2.75, 3.05) is 6.61 Å². The van der Waals surface area contributed by atoms with Crippen LogP contribution in [0, 0.1) is 0 Å². The highest BCUT2D eigenvalue weighted by Gasteiger charge is 2.75. The average Bonchev–Trinajstić information content (AvgIpc) is 2.45. The van der Waals surface area contributed by atoms with E-state index >= 15 is 0 Å². The summed E-state index contributed by atoms with van der Waals surface area (Å²) < 4.78 is 106. The van der Waals surface area contributed by atoms with E-state index < -0.39 is 36.5 Å². The molecule has 1 rings (SSSR count). The first kappa shape index (κ1) is 19.2. The third kappa shape index (κ3) is 3.73. The summed E-state index contributed by atoms with van der Waals surface area (Å²) >= 11 is 0. The topological polar surface area (TPSA) is 26.3 Å². The van der Waals surface area contributed by atoms with E-state index in [1.165, 1.54) is 6.92 Å². The van der Waals surface area contributed by atoms with Crippen LogP contribution in [0.3, 0.4) is 0 Å². The molecule has 0 saturated carbocycles. The molecular formula is C13H10F8O2. The van der Waals surface area contributed by atoms with Gasteiger partial charge in [0.15, 0.2) is 12.4 Å². The van der Waals surface area contributed by atoms with Gasteiger partial charge in [0, 0.05) is 5.56 Å². The van der Waals surface area contributed by atoms with Gasteiger partial charge in [-0.1, -0.05) is 0 Å². The molecule has 0 aromatic heterocycles. The summed E-state index contributed by atoms with van der Waals surface area (Å²) in [7, 11) is 0. The van der Waals surface area contributed by atoms with Crippen molar-refractivity contribution in [2.45, 2.75) is 31.1 Å². The van der Waals surface area contributed by atoms with Crippen molar-refractivity contribution in [3.8, 4) is 5.75 Å². The maximum Gasteiger partial charge on any atom is 0.381 e. The molecule has 1 aromatic rings. The van der Waals surface area contributed by atoms with Crippen LogP contribution in [0.4, 0.5) is 35.1 Å². The minimum atomic E-state index is -6.31. The Morgan fingerprint density at radius 1 is 1.04 bits per heavy atom. The van der Waals surface area contributed by atoms with Crippen molar-refractivity contribution in [3.63, 3.8) is 0 Å². The number of Topliss-reactive ketones (excluding diaryl/α,β-unsaturated/α-hetero) is 1. The molecule has 10 heteroatoms. The van der Waals surface area contributed by atoms with E-state index in [9.17, 15) is 39.9 Å². The fourth-order valence-electron chi connectivity index (χ4n) is 1.43. The van der Waals surface area contributed by atoms with E-state index in [1.807, 2.05) is 0 Å². The van der Waals surface area contributed by atoms with E-state index in [0.29, 0.717) is 0 Å². The van der Waals surface area contributed by atoms with Gasteiger partial charge in [0.25, 0.3) is 0 Å². The standard InChI is InChI=1S/C13H10F8O2/c1-7(22)8-2-4-9(5-3-8)23-6-11(16,17)13(20,21)12(18,19)10(14)15/h2-5,10H,6H2,1H3. The van der Waals surface area contributed by atoms with Crippen LogP contribution in [0.15, 0.2) is 24.3 Å². The highest BCUT2D eigenvalue weighted by Crippen LogP contribution is 2.48. The van der Waals surface area contributed by atoms with E-state index in [2.05, 4.69) is 4.74 Å². The quantitative estimate of drug-likeness (QED) is 0.537. The van der Waals surface area contributed by atoms with Crippen molar-refractivity contribution in [2.24, 2.45) is 0 Å². The SMILES string of the molecule is CC(=O)c1ccc(OCC(F)(F)C(F)(F)C(F)(F)C(F)F)cc1. The van der Waals surface area contributed by atoms with Crippen LogP contribution >= 0.6 is 0 Å². The lowest BCUT2D eigenvalue weighted by atomic mass is 10.1. The maximum atomic E-state index is 13.2. The van der Waals surface area contributed by atoms with E-state index in [1.54, 1.807) is 0 Å². The fraction of sp³-hybridized carbons (Fsp3) is 0.462. The van der Waals surface area contributed by atoms with Gasteiger partial charge in [0.05, 0.1) is 0 Å². The normalized spacial score (nSPS) is 13.3. The van der Waals surface area contributed by atoms with Crippen molar-refractivity contribution >= 4 is 5.78 Å². The van der Waals surface area contributed by atoms with Crippen molar-refractivity contribution < 1.29 is 44.7 Å². The van der Waals surface area contributed by atoms with E-state index in [0.717, 1.165) is 24.3 Å². The zero-order chi connectivity index (χ0) is 18.1. The predicted molar refractivity (Wildman–Crippen MR) is 62.8 cm³/mol. The summed E-state index contributed by atoms with van der Waals surface area (Å²) in [4.78, 5) is 11.0. The Bertz CT molecular complexity index is 554. The number of hydrogen-bond acceptors (Lipinski definition) is 2. The molecule has 0 saturated heterocycles. The number of benzene rings is 1. The monoisotopic (exact) mass is 350 g/mol. The zero-order valence-electron chi connectivity index (χ0n) is 11.4. The maximum absolute atomic E-state index is 13.2. The molecule has 0 radical (unpaired) electrons. The van der Waals surface area contributed by atoms with Gasteiger partial charge in [-0.05, 0) is 31.2 Å². The molecule has 0 aliphatic heterocycles. The molecule has 1 aromatic carbocycles. The van der Waals surface area contributed by atoms with Crippen molar-refractivity contribution in [1.82, 2.24) is 0 Å². The van der Waals surface area contributed by atoms with Gasteiger partial charge in [0.2, 0.25) is 0 Å². The van der Waals surface area contributed by atoms with Gasteiger partial charge in [-0.25, -0.2) is 8.78 Å². The van der Waals surface area contributed by atoms with Crippen LogP contribution in [-0.4, -0.2) is 36.6 Å². The number of alkyl halides is 8. The first-order chi connectivity index (χ1) is 10.3. The molecule has 0 aliphatic carbocycles.